The highest BCUT2D eigenvalue weighted by Crippen LogP contribution is 2.36. The SMILES string of the molecule is CC(C)C1=C[B]Oc2ccc(Nc3nn(C4COCCC4C#N)cc3C(N)=O)cc21. The summed E-state index contributed by atoms with van der Waals surface area (Å²) in [6.45, 7) is 5.16. The number of anilines is 2. The number of ether oxygens (including phenoxy) is 1. The molecule has 2 aliphatic rings. The van der Waals surface area contributed by atoms with Crippen LogP contribution >= 0.6 is 0 Å². The van der Waals surface area contributed by atoms with Crippen molar-refractivity contribution in [2.45, 2.75) is 26.3 Å². The predicted molar refractivity (Wildman–Crippen MR) is 113 cm³/mol. The lowest BCUT2D eigenvalue weighted by molar-refractivity contribution is 0.0342. The lowest BCUT2D eigenvalue weighted by atomic mass is 9.83. The van der Waals surface area contributed by atoms with E-state index in [2.05, 4.69) is 30.3 Å². The topological polar surface area (TPSA) is 115 Å². The number of nitrogens with zero attached hydrogens (tertiary/aromatic N) is 3. The van der Waals surface area contributed by atoms with Crippen molar-refractivity contribution in [1.82, 2.24) is 9.78 Å². The highest BCUT2D eigenvalue weighted by Gasteiger charge is 2.29. The molecule has 1 aromatic carbocycles. The van der Waals surface area contributed by atoms with Crippen LogP contribution in [0.2, 0.25) is 0 Å². The standard InChI is InChI=1S/C21H23BN5O3/c1-12(2)16-8-22-30-19-4-3-14(7-15(16)19)25-21-17(20(24)28)10-27(26-21)18-11-29-6-5-13(18)9-23/h3-4,7-8,10,12-13,18H,5-6,11H2,1-2H3,(H2,24,28)(H,25,26). The fourth-order valence-corrected chi connectivity index (χ4v) is 3.82. The van der Waals surface area contributed by atoms with Gasteiger partial charge < -0.3 is 20.4 Å². The molecule has 0 bridgehead atoms. The van der Waals surface area contributed by atoms with E-state index in [1.165, 1.54) is 0 Å². The van der Waals surface area contributed by atoms with E-state index in [1.54, 1.807) is 18.4 Å². The van der Waals surface area contributed by atoms with Crippen LogP contribution in [0.1, 0.15) is 42.2 Å². The largest absolute Gasteiger partial charge is 0.558 e. The Morgan fingerprint density at radius 3 is 3.03 bits per heavy atom. The van der Waals surface area contributed by atoms with Crippen molar-refractivity contribution in [3.8, 4) is 11.8 Å². The zero-order chi connectivity index (χ0) is 21.3. The second kappa shape index (κ2) is 8.24. The van der Waals surface area contributed by atoms with Crippen LogP contribution in [0, 0.1) is 23.2 Å². The van der Waals surface area contributed by atoms with Crippen molar-refractivity contribution in [2.75, 3.05) is 18.5 Å². The minimum Gasteiger partial charge on any atom is -0.558 e. The van der Waals surface area contributed by atoms with E-state index in [0.29, 0.717) is 31.4 Å². The van der Waals surface area contributed by atoms with Gasteiger partial charge in [-0.05, 0) is 36.1 Å². The Labute approximate surface area is 175 Å². The molecule has 0 aliphatic carbocycles. The van der Waals surface area contributed by atoms with Crippen molar-refractivity contribution in [2.24, 2.45) is 17.6 Å². The summed E-state index contributed by atoms with van der Waals surface area (Å²) in [7, 11) is 1.69. The Balaban J connectivity index is 1.66. The van der Waals surface area contributed by atoms with Gasteiger partial charge in [-0.3, -0.25) is 9.48 Å². The van der Waals surface area contributed by atoms with Gasteiger partial charge >= 0.3 is 7.48 Å². The van der Waals surface area contributed by atoms with Crippen LogP contribution < -0.4 is 15.7 Å². The van der Waals surface area contributed by atoms with Gasteiger partial charge in [-0.15, -0.1) is 0 Å². The minimum absolute atomic E-state index is 0.233. The molecule has 3 heterocycles. The van der Waals surface area contributed by atoms with Crippen molar-refractivity contribution >= 4 is 30.5 Å². The second-order valence-corrected chi connectivity index (χ2v) is 7.77. The van der Waals surface area contributed by atoms with E-state index in [9.17, 15) is 10.1 Å². The Bertz CT molecular complexity index is 1040. The number of amides is 1. The van der Waals surface area contributed by atoms with E-state index in [0.717, 1.165) is 22.6 Å². The third kappa shape index (κ3) is 3.78. The molecular weight excluding hydrogens is 381 g/mol. The summed E-state index contributed by atoms with van der Waals surface area (Å²) in [5.74, 6) is 2.60. The van der Waals surface area contributed by atoms with Crippen molar-refractivity contribution in [3.05, 3.63) is 41.5 Å². The Morgan fingerprint density at radius 2 is 2.30 bits per heavy atom. The Morgan fingerprint density at radius 1 is 1.47 bits per heavy atom. The molecule has 8 nitrogen and oxygen atoms in total. The molecule has 0 spiro atoms. The summed E-state index contributed by atoms with van der Waals surface area (Å²) in [4.78, 5) is 12.0. The highest BCUT2D eigenvalue weighted by atomic mass is 16.5. The first kappa shape index (κ1) is 20.0. The number of fused-ring (bicyclic) bond motifs is 1. The Hall–Kier alpha value is -3.25. The summed E-state index contributed by atoms with van der Waals surface area (Å²) < 4.78 is 12.7. The van der Waals surface area contributed by atoms with Crippen molar-refractivity contribution in [3.63, 3.8) is 0 Å². The number of primary amides is 1. The van der Waals surface area contributed by atoms with Gasteiger partial charge in [0.15, 0.2) is 5.82 Å². The van der Waals surface area contributed by atoms with Crippen LogP contribution in [0.4, 0.5) is 11.5 Å². The molecule has 1 radical (unpaired) electrons. The minimum atomic E-state index is -0.590. The first-order valence-electron chi connectivity index (χ1n) is 9.95. The van der Waals surface area contributed by atoms with Gasteiger partial charge in [-0.2, -0.15) is 10.4 Å². The lowest BCUT2D eigenvalue weighted by Crippen LogP contribution is -2.29. The number of allylic oxidation sites excluding steroid dienone is 1. The molecule has 1 saturated heterocycles. The maximum atomic E-state index is 12.0. The van der Waals surface area contributed by atoms with Crippen molar-refractivity contribution < 1.29 is 14.2 Å². The zero-order valence-electron chi connectivity index (χ0n) is 17.0. The summed E-state index contributed by atoms with van der Waals surface area (Å²) in [5, 5.41) is 17.2. The fourth-order valence-electron chi connectivity index (χ4n) is 3.82. The van der Waals surface area contributed by atoms with Crippen LogP contribution in [0.25, 0.3) is 5.57 Å². The summed E-state index contributed by atoms with van der Waals surface area (Å²) in [6.07, 6.45) is 2.21. The van der Waals surface area contributed by atoms with Crippen molar-refractivity contribution in [1.29, 1.82) is 5.26 Å². The van der Waals surface area contributed by atoms with E-state index < -0.39 is 5.91 Å². The van der Waals surface area contributed by atoms with Crippen LogP contribution in [0.15, 0.2) is 30.4 Å². The molecule has 3 N–H and O–H groups in total. The number of rotatable bonds is 5. The molecule has 9 heteroatoms. The highest BCUT2D eigenvalue weighted by molar-refractivity contribution is 6.38. The van der Waals surface area contributed by atoms with Crippen LogP contribution in [0.5, 0.6) is 5.75 Å². The van der Waals surface area contributed by atoms with E-state index in [1.807, 2.05) is 24.2 Å². The smallest absolute Gasteiger partial charge is 0.401 e. The number of nitrogens with two attached hydrogens (primary N) is 1. The molecule has 4 rings (SSSR count). The molecule has 2 aliphatic heterocycles. The molecule has 30 heavy (non-hydrogen) atoms. The quantitative estimate of drug-likeness (QED) is 0.741. The molecule has 2 unspecified atom stereocenters. The van der Waals surface area contributed by atoms with Gasteiger partial charge in [-0.1, -0.05) is 19.8 Å². The van der Waals surface area contributed by atoms with Crippen LogP contribution in [0.3, 0.4) is 0 Å². The van der Waals surface area contributed by atoms with Gasteiger partial charge in [-0.25, -0.2) is 0 Å². The number of carbonyl (C=O) groups excluding carboxylic acids is 1. The first-order valence-corrected chi connectivity index (χ1v) is 9.95. The average molecular weight is 404 g/mol. The third-order valence-corrected chi connectivity index (χ3v) is 5.45. The maximum absolute atomic E-state index is 12.0. The zero-order valence-corrected chi connectivity index (χ0v) is 17.0. The van der Waals surface area contributed by atoms with Gasteiger partial charge in [0.1, 0.15) is 11.3 Å². The first-order chi connectivity index (χ1) is 14.5. The average Bonchev–Trinajstić information content (AvgIpc) is 3.17. The number of hydrogen-bond acceptors (Lipinski definition) is 6. The molecule has 1 amide bonds. The molecule has 1 fully saturated rings. The van der Waals surface area contributed by atoms with Crippen LogP contribution in [-0.4, -0.2) is 36.4 Å². The predicted octanol–water partition coefficient (Wildman–Crippen LogP) is 2.84. The second-order valence-electron chi connectivity index (χ2n) is 7.77. The number of aromatic nitrogens is 2. The van der Waals surface area contributed by atoms with Gasteiger partial charge in [0, 0.05) is 24.1 Å². The third-order valence-electron chi connectivity index (χ3n) is 5.45. The molecule has 2 aromatic rings. The maximum Gasteiger partial charge on any atom is 0.401 e. The number of nitriles is 1. The van der Waals surface area contributed by atoms with E-state index >= 15 is 0 Å². The molecular formula is C21H23BN5O3. The van der Waals surface area contributed by atoms with Gasteiger partial charge in [0.2, 0.25) is 0 Å². The number of hydrogen-bond donors (Lipinski definition) is 2. The molecule has 2 atom stereocenters. The molecule has 1 aromatic heterocycles. The van der Waals surface area contributed by atoms with Crippen LogP contribution in [-0.2, 0) is 4.74 Å². The molecule has 153 valence electrons. The fraction of sp³-hybridized carbons (Fsp3) is 0.381. The number of nitrogens with one attached hydrogen (secondary N) is 1. The van der Waals surface area contributed by atoms with Gasteiger partial charge in [0.25, 0.3) is 5.91 Å². The Kier molecular flexibility index (Phi) is 5.51. The summed E-state index contributed by atoms with van der Waals surface area (Å²) >= 11 is 0. The number of carbonyl (C=O) groups is 1. The van der Waals surface area contributed by atoms with Gasteiger partial charge in [0.05, 0.1) is 24.6 Å². The normalized spacial score (nSPS) is 20.4. The lowest BCUT2D eigenvalue weighted by Gasteiger charge is -2.27. The molecule has 0 saturated carbocycles. The van der Waals surface area contributed by atoms with E-state index in [4.69, 9.17) is 15.1 Å². The monoisotopic (exact) mass is 404 g/mol. The number of benzene rings is 1. The van der Waals surface area contributed by atoms with E-state index in [-0.39, 0.29) is 17.5 Å². The summed E-state index contributed by atoms with van der Waals surface area (Å²) in [5.41, 5.74) is 8.76. The summed E-state index contributed by atoms with van der Waals surface area (Å²) in [6, 6.07) is 7.76.